The molecule has 0 atom stereocenters. The van der Waals surface area contributed by atoms with E-state index in [4.69, 9.17) is 0 Å². The molecular weight excluding hydrogens is 376 g/mol. The minimum absolute atomic E-state index is 0.101. The molecule has 156 valence electrons. The summed E-state index contributed by atoms with van der Waals surface area (Å²) in [6, 6.07) is 14.0. The first kappa shape index (κ1) is 22.6. The molecule has 2 heterocycles. The average Bonchev–Trinajstić information content (AvgIpc) is 2.77. The number of hydrogen-bond donors (Lipinski definition) is 2. The SMILES string of the molecule is C=C1C(C(=O)NC)=CC(C)=CN1Cc1ccccc1.O=CNCCc1cccnc1. The topological polar surface area (TPSA) is 74.3 Å². The lowest BCUT2D eigenvalue weighted by atomic mass is 10.0. The second-order valence-corrected chi connectivity index (χ2v) is 6.75. The van der Waals surface area contributed by atoms with Crippen LogP contribution in [-0.4, -0.2) is 35.8 Å². The Hall–Kier alpha value is -3.67. The van der Waals surface area contributed by atoms with E-state index in [0.29, 0.717) is 25.1 Å². The van der Waals surface area contributed by atoms with Gasteiger partial charge in [0.2, 0.25) is 6.41 Å². The van der Waals surface area contributed by atoms with Crippen LogP contribution in [0.1, 0.15) is 18.1 Å². The number of amides is 2. The van der Waals surface area contributed by atoms with E-state index in [1.807, 2.05) is 54.4 Å². The Morgan fingerprint density at radius 2 is 1.90 bits per heavy atom. The lowest BCUT2D eigenvalue weighted by Gasteiger charge is -2.28. The average molecular weight is 405 g/mol. The standard InChI is InChI=1S/C16H18N2O.C8H10N2O/c1-12-9-15(16(19)17-3)13(2)18(10-12)11-14-7-5-4-6-8-14;11-7-10-5-3-8-2-1-4-9-6-8/h4-10H,2,11H2,1,3H3,(H,17,19);1-2,4,6-7H,3,5H2,(H,10,11). The number of carbonyl (C=O) groups excluding carboxylic acids is 2. The van der Waals surface area contributed by atoms with Gasteiger partial charge < -0.3 is 15.5 Å². The molecule has 0 unspecified atom stereocenters. The van der Waals surface area contributed by atoms with E-state index >= 15 is 0 Å². The van der Waals surface area contributed by atoms with Gasteiger partial charge in [-0.3, -0.25) is 14.6 Å². The summed E-state index contributed by atoms with van der Waals surface area (Å²) in [5, 5.41) is 5.24. The fourth-order valence-electron chi connectivity index (χ4n) is 2.90. The summed E-state index contributed by atoms with van der Waals surface area (Å²) >= 11 is 0. The van der Waals surface area contributed by atoms with Gasteiger partial charge in [0.05, 0.1) is 5.57 Å². The minimum Gasteiger partial charge on any atom is -0.358 e. The predicted octanol–water partition coefficient (Wildman–Crippen LogP) is 2.96. The van der Waals surface area contributed by atoms with Gasteiger partial charge in [0.1, 0.15) is 0 Å². The van der Waals surface area contributed by atoms with Crippen LogP contribution >= 0.6 is 0 Å². The van der Waals surface area contributed by atoms with E-state index in [-0.39, 0.29) is 5.91 Å². The molecule has 0 fully saturated rings. The van der Waals surface area contributed by atoms with Crippen LogP contribution in [0.4, 0.5) is 0 Å². The molecule has 6 heteroatoms. The summed E-state index contributed by atoms with van der Waals surface area (Å²) in [6.45, 7) is 7.40. The molecule has 2 amide bonds. The first-order valence-electron chi connectivity index (χ1n) is 9.73. The Balaban J connectivity index is 0.000000248. The normalized spacial score (nSPS) is 12.7. The zero-order valence-corrected chi connectivity index (χ0v) is 17.5. The Labute approximate surface area is 178 Å². The number of aromatic nitrogens is 1. The van der Waals surface area contributed by atoms with Crippen molar-refractivity contribution in [1.29, 1.82) is 0 Å². The lowest BCUT2D eigenvalue weighted by Crippen LogP contribution is -2.28. The Bertz CT molecular complexity index is 905. The van der Waals surface area contributed by atoms with Crippen molar-refractivity contribution >= 4 is 12.3 Å². The van der Waals surface area contributed by atoms with Crippen LogP contribution in [-0.2, 0) is 22.6 Å². The number of allylic oxidation sites excluding steroid dienone is 2. The van der Waals surface area contributed by atoms with E-state index in [1.54, 1.807) is 19.4 Å². The van der Waals surface area contributed by atoms with Crippen LogP contribution in [0.2, 0.25) is 0 Å². The van der Waals surface area contributed by atoms with Crippen LogP contribution in [0.3, 0.4) is 0 Å². The van der Waals surface area contributed by atoms with Crippen LogP contribution in [0.5, 0.6) is 0 Å². The van der Waals surface area contributed by atoms with Gasteiger partial charge >= 0.3 is 0 Å². The van der Waals surface area contributed by atoms with Crippen LogP contribution in [0.25, 0.3) is 0 Å². The summed E-state index contributed by atoms with van der Waals surface area (Å²) in [5.74, 6) is -0.101. The number of carbonyl (C=O) groups is 2. The van der Waals surface area contributed by atoms with E-state index < -0.39 is 0 Å². The van der Waals surface area contributed by atoms with Crippen molar-refractivity contribution in [3.63, 3.8) is 0 Å². The van der Waals surface area contributed by atoms with Crippen molar-refractivity contribution in [2.75, 3.05) is 13.6 Å². The number of hydrogen-bond acceptors (Lipinski definition) is 4. The molecule has 1 aromatic carbocycles. The first-order chi connectivity index (χ1) is 14.5. The molecule has 1 aliphatic heterocycles. The molecule has 0 spiro atoms. The van der Waals surface area contributed by atoms with Crippen molar-refractivity contribution in [2.45, 2.75) is 19.9 Å². The molecule has 0 bridgehead atoms. The molecule has 1 aromatic heterocycles. The fraction of sp³-hybridized carbons (Fsp3) is 0.208. The van der Waals surface area contributed by atoms with Crippen molar-refractivity contribution in [3.05, 3.63) is 102 Å². The number of nitrogens with zero attached hydrogens (tertiary/aromatic N) is 2. The Kier molecular flexibility index (Phi) is 9.06. The zero-order chi connectivity index (χ0) is 21.8. The number of likely N-dealkylation sites (N-methyl/N-ethyl adjacent to an activating group) is 1. The first-order valence-corrected chi connectivity index (χ1v) is 9.73. The maximum absolute atomic E-state index is 11.8. The number of rotatable bonds is 7. The van der Waals surface area contributed by atoms with E-state index in [1.165, 1.54) is 5.56 Å². The quantitative estimate of drug-likeness (QED) is 0.550. The smallest absolute Gasteiger partial charge is 0.253 e. The van der Waals surface area contributed by atoms with Crippen LogP contribution in [0, 0.1) is 0 Å². The molecule has 1 aliphatic rings. The third-order valence-electron chi connectivity index (χ3n) is 4.42. The largest absolute Gasteiger partial charge is 0.358 e. The molecular formula is C24H28N4O2. The highest BCUT2D eigenvalue weighted by Gasteiger charge is 2.20. The van der Waals surface area contributed by atoms with Gasteiger partial charge in [-0.05, 0) is 42.2 Å². The lowest BCUT2D eigenvalue weighted by molar-refractivity contribution is -0.117. The maximum atomic E-state index is 11.8. The Morgan fingerprint density at radius 1 is 1.17 bits per heavy atom. The summed E-state index contributed by atoms with van der Waals surface area (Å²) in [7, 11) is 1.63. The minimum atomic E-state index is -0.101. The molecule has 3 rings (SSSR count). The molecule has 2 aromatic rings. The second-order valence-electron chi connectivity index (χ2n) is 6.75. The molecule has 0 saturated heterocycles. The molecule has 0 radical (unpaired) electrons. The summed E-state index contributed by atoms with van der Waals surface area (Å²) < 4.78 is 0. The molecule has 6 nitrogen and oxygen atoms in total. The van der Waals surface area contributed by atoms with Gasteiger partial charge in [0, 0.05) is 44.4 Å². The van der Waals surface area contributed by atoms with E-state index in [0.717, 1.165) is 23.3 Å². The van der Waals surface area contributed by atoms with Crippen molar-refractivity contribution < 1.29 is 9.59 Å². The van der Waals surface area contributed by atoms with Crippen molar-refractivity contribution in [2.24, 2.45) is 0 Å². The molecule has 30 heavy (non-hydrogen) atoms. The highest BCUT2D eigenvalue weighted by molar-refractivity contribution is 5.98. The molecule has 0 aliphatic carbocycles. The van der Waals surface area contributed by atoms with Gasteiger partial charge in [0.25, 0.3) is 5.91 Å². The predicted molar refractivity (Wildman–Crippen MR) is 119 cm³/mol. The number of nitrogens with one attached hydrogen (secondary N) is 2. The van der Waals surface area contributed by atoms with Crippen molar-refractivity contribution in [3.8, 4) is 0 Å². The molecule has 2 N–H and O–H groups in total. The highest BCUT2D eigenvalue weighted by atomic mass is 16.1. The van der Waals surface area contributed by atoms with Gasteiger partial charge in [-0.15, -0.1) is 0 Å². The fourth-order valence-corrected chi connectivity index (χ4v) is 2.90. The van der Waals surface area contributed by atoms with Crippen LogP contribution in [0.15, 0.2) is 90.6 Å². The summed E-state index contributed by atoms with van der Waals surface area (Å²) in [5.41, 5.74) is 4.72. The maximum Gasteiger partial charge on any atom is 0.253 e. The van der Waals surface area contributed by atoms with Gasteiger partial charge in [0.15, 0.2) is 0 Å². The van der Waals surface area contributed by atoms with Crippen molar-refractivity contribution in [1.82, 2.24) is 20.5 Å². The third-order valence-corrected chi connectivity index (χ3v) is 4.42. The third kappa shape index (κ3) is 7.05. The van der Waals surface area contributed by atoms with E-state index in [9.17, 15) is 9.59 Å². The van der Waals surface area contributed by atoms with Gasteiger partial charge in [-0.2, -0.15) is 0 Å². The summed E-state index contributed by atoms with van der Waals surface area (Å²) in [6.07, 6.45) is 8.95. The Morgan fingerprint density at radius 3 is 2.53 bits per heavy atom. The second kappa shape index (κ2) is 12.0. The number of pyridine rings is 1. The monoisotopic (exact) mass is 404 g/mol. The summed E-state index contributed by atoms with van der Waals surface area (Å²) in [4.78, 5) is 27.7. The van der Waals surface area contributed by atoms with Gasteiger partial charge in [-0.1, -0.05) is 43.0 Å². The number of benzene rings is 1. The molecule has 0 saturated carbocycles. The van der Waals surface area contributed by atoms with E-state index in [2.05, 4.69) is 34.3 Å². The highest BCUT2D eigenvalue weighted by Crippen LogP contribution is 2.24. The zero-order valence-electron chi connectivity index (χ0n) is 17.5. The van der Waals surface area contributed by atoms with Crippen LogP contribution < -0.4 is 10.6 Å². The van der Waals surface area contributed by atoms with Gasteiger partial charge in [-0.25, -0.2) is 0 Å².